The molecule has 3 aromatic rings. The molecule has 0 aliphatic heterocycles. The number of rotatable bonds is 6. The van der Waals surface area contributed by atoms with E-state index in [4.69, 9.17) is 4.74 Å². The number of carboxylic acid groups (broad SMARTS) is 1. The number of carbonyl (C=O) groups is 2. The number of aliphatic carboxylic acids is 1. The molecule has 0 saturated heterocycles. The summed E-state index contributed by atoms with van der Waals surface area (Å²) in [6, 6.07) is 17.1. The van der Waals surface area contributed by atoms with E-state index in [0.29, 0.717) is 6.07 Å². The Morgan fingerprint density at radius 2 is 1.58 bits per heavy atom. The molecule has 0 aromatic heterocycles. The van der Waals surface area contributed by atoms with Gasteiger partial charge in [0.1, 0.15) is 24.3 Å². The standard InChI is InChI=1S/C24H19F2NO4/c25-15-10-9-14(21(26)12-15)11-22(23(28)29)27-24(30)31-13-20-18-7-3-1-5-16(18)17-6-2-4-8-19(17)20/h1-10,12,20,22H,11,13H2,(H,27,30)(H,28,29). The quantitative estimate of drug-likeness (QED) is 0.612. The second-order valence-corrected chi connectivity index (χ2v) is 7.30. The van der Waals surface area contributed by atoms with Crippen molar-refractivity contribution in [2.24, 2.45) is 0 Å². The first-order valence-corrected chi connectivity index (χ1v) is 9.72. The van der Waals surface area contributed by atoms with Crippen molar-refractivity contribution in [3.05, 3.63) is 95.1 Å². The number of fused-ring (bicyclic) bond motifs is 3. The minimum atomic E-state index is -1.42. The fraction of sp³-hybridized carbons (Fsp3) is 0.167. The molecule has 31 heavy (non-hydrogen) atoms. The van der Waals surface area contributed by atoms with Crippen LogP contribution in [0.4, 0.5) is 13.6 Å². The van der Waals surface area contributed by atoms with Crippen LogP contribution in [0.5, 0.6) is 0 Å². The monoisotopic (exact) mass is 423 g/mol. The highest BCUT2D eigenvalue weighted by molar-refractivity contribution is 5.81. The molecular formula is C24H19F2NO4. The van der Waals surface area contributed by atoms with Crippen LogP contribution < -0.4 is 5.32 Å². The van der Waals surface area contributed by atoms with Crippen molar-refractivity contribution >= 4 is 12.1 Å². The first-order valence-electron chi connectivity index (χ1n) is 9.72. The largest absolute Gasteiger partial charge is 0.480 e. The van der Waals surface area contributed by atoms with Crippen molar-refractivity contribution in [2.75, 3.05) is 6.61 Å². The number of hydrogen-bond acceptors (Lipinski definition) is 3. The predicted molar refractivity (Wildman–Crippen MR) is 110 cm³/mol. The Morgan fingerprint density at radius 3 is 2.16 bits per heavy atom. The van der Waals surface area contributed by atoms with Gasteiger partial charge in [0.05, 0.1) is 0 Å². The number of halogens is 2. The first-order chi connectivity index (χ1) is 14.9. The van der Waals surface area contributed by atoms with Gasteiger partial charge in [-0.25, -0.2) is 18.4 Å². The molecule has 2 N–H and O–H groups in total. The molecule has 1 atom stereocenters. The van der Waals surface area contributed by atoms with Gasteiger partial charge in [-0.3, -0.25) is 0 Å². The summed E-state index contributed by atoms with van der Waals surface area (Å²) >= 11 is 0. The van der Waals surface area contributed by atoms with E-state index in [1.165, 1.54) is 0 Å². The summed E-state index contributed by atoms with van der Waals surface area (Å²) in [7, 11) is 0. The summed E-state index contributed by atoms with van der Waals surface area (Å²) in [5, 5.41) is 11.7. The zero-order valence-electron chi connectivity index (χ0n) is 16.3. The summed E-state index contributed by atoms with van der Waals surface area (Å²) < 4.78 is 32.3. The van der Waals surface area contributed by atoms with E-state index >= 15 is 0 Å². The second-order valence-electron chi connectivity index (χ2n) is 7.30. The van der Waals surface area contributed by atoms with Gasteiger partial charge < -0.3 is 15.2 Å². The van der Waals surface area contributed by atoms with Gasteiger partial charge in [0.25, 0.3) is 0 Å². The van der Waals surface area contributed by atoms with Crippen LogP contribution in [0.3, 0.4) is 0 Å². The molecule has 0 fully saturated rings. The molecule has 158 valence electrons. The summed E-state index contributed by atoms with van der Waals surface area (Å²) in [4.78, 5) is 23.9. The van der Waals surface area contributed by atoms with E-state index in [1.54, 1.807) is 0 Å². The van der Waals surface area contributed by atoms with Gasteiger partial charge in [-0.2, -0.15) is 0 Å². The molecular weight excluding hydrogens is 404 g/mol. The number of nitrogens with one attached hydrogen (secondary N) is 1. The summed E-state index contributed by atoms with van der Waals surface area (Å²) in [5.74, 6) is -3.16. The lowest BCUT2D eigenvalue weighted by Crippen LogP contribution is -2.43. The molecule has 5 nitrogen and oxygen atoms in total. The highest BCUT2D eigenvalue weighted by Gasteiger charge is 2.30. The fourth-order valence-corrected chi connectivity index (χ4v) is 3.89. The van der Waals surface area contributed by atoms with E-state index in [-0.39, 0.29) is 24.5 Å². The van der Waals surface area contributed by atoms with Crippen LogP contribution in [0.1, 0.15) is 22.6 Å². The van der Waals surface area contributed by atoms with Gasteiger partial charge >= 0.3 is 12.1 Å². The number of carboxylic acids is 1. The average Bonchev–Trinajstić information content (AvgIpc) is 3.07. The van der Waals surface area contributed by atoms with Crippen LogP contribution in [0.2, 0.25) is 0 Å². The maximum Gasteiger partial charge on any atom is 0.407 e. The van der Waals surface area contributed by atoms with Gasteiger partial charge in [0.15, 0.2) is 0 Å². The third kappa shape index (κ3) is 4.26. The van der Waals surface area contributed by atoms with Crippen LogP contribution in [-0.4, -0.2) is 29.8 Å². The minimum absolute atomic E-state index is 0.0206. The average molecular weight is 423 g/mol. The van der Waals surface area contributed by atoms with Crippen LogP contribution in [-0.2, 0) is 16.0 Å². The van der Waals surface area contributed by atoms with Crippen LogP contribution in [0.15, 0.2) is 66.7 Å². The van der Waals surface area contributed by atoms with E-state index in [1.807, 2.05) is 48.5 Å². The molecule has 1 aliphatic carbocycles. The Labute approximate surface area is 177 Å². The number of hydrogen-bond donors (Lipinski definition) is 2. The Kier molecular flexibility index (Phi) is 5.66. The Hall–Kier alpha value is -3.74. The lowest BCUT2D eigenvalue weighted by molar-refractivity contribution is -0.139. The Bertz CT molecular complexity index is 1100. The molecule has 4 rings (SSSR count). The molecule has 0 heterocycles. The number of ether oxygens (including phenoxy) is 1. The maximum absolute atomic E-state index is 13.9. The summed E-state index contributed by atoms with van der Waals surface area (Å²) in [6.07, 6.45) is -1.26. The molecule has 0 bridgehead atoms. The molecule has 1 aliphatic rings. The number of carbonyl (C=O) groups excluding carboxylic acids is 1. The van der Waals surface area contributed by atoms with E-state index in [0.717, 1.165) is 34.4 Å². The van der Waals surface area contributed by atoms with Crippen molar-refractivity contribution in [1.82, 2.24) is 5.32 Å². The van der Waals surface area contributed by atoms with Crippen molar-refractivity contribution in [1.29, 1.82) is 0 Å². The number of amides is 1. The highest BCUT2D eigenvalue weighted by atomic mass is 19.1. The summed E-state index contributed by atoms with van der Waals surface area (Å²) in [6.45, 7) is 0.0249. The normalized spacial score (nSPS) is 13.2. The molecule has 0 radical (unpaired) electrons. The minimum Gasteiger partial charge on any atom is -0.480 e. The number of benzene rings is 3. The van der Waals surface area contributed by atoms with E-state index < -0.39 is 29.7 Å². The van der Waals surface area contributed by atoms with Gasteiger partial charge in [0.2, 0.25) is 0 Å². The van der Waals surface area contributed by atoms with Crippen LogP contribution >= 0.6 is 0 Å². The number of alkyl carbamates (subject to hydrolysis) is 1. The van der Waals surface area contributed by atoms with Crippen molar-refractivity contribution < 1.29 is 28.2 Å². The third-order valence-electron chi connectivity index (χ3n) is 5.37. The molecule has 1 unspecified atom stereocenters. The van der Waals surface area contributed by atoms with E-state index in [2.05, 4.69) is 5.32 Å². The zero-order valence-corrected chi connectivity index (χ0v) is 16.3. The molecule has 0 spiro atoms. The Morgan fingerprint density at radius 1 is 0.968 bits per heavy atom. The van der Waals surface area contributed by atoms with Crippen molar-refractivity contribution in [2.45, 2.75) is 18.4 Å². The topological polar surface area (TPSA) is 75.6 Å². The smallest absolute Gasteiger partial charge is 0.407 e. The second kappa shape index (κ2) is 8.55. The van der Waals surface area contributed by atoms with Gasteiger partial charge in [0, 0.05) is 18.4 Å². The Balaban J connectivity index is 1.44. The maximum atomic E-state index is 13.9. The highest BCUT2D eigenvalue weighted by Crippen LogP contribution is 2.44. The van der Waals surface area contributed by atoms with Crippen molar-refractivity contribution in [3.63, 3.8) is 0 Å². The van der Waals surface area contributed by atoms with Gasteiger partial charge in [-0.05, 0) is 33.9 Å². The van der Waals surface area contributed by atoms with Gasteiger partial charge in [-0.15, -0.1) is 0 Å². The molecule has 3 aromatic carbocycles. The molecule has 1 amide bonds. The third-order valence-corrected chi connectivity index (χ3v) is 5.37. The fourth-order valence-electron chi connectivity index (χ4n) is 3.89. The van der Waals surface area contributed by atoms with Crippen LogP contribution in [0.25, 0.3) is 11.1 Å². The molecule has 0 saturated carbocycles. The van der Waals surface area contributed by atoms with Gasteiger partial charge in [-0.1, -0.05) is 54.6 Å². The SMILES string of the molecule is O=C(NC(Cc1ccc(F)cc1F)C(=O)O)OCC1c2ccccc2-c2ccccc21. The van der Waals surface area contributed by atoms with E-state index in [9.17, 15) is 23.5 Å². The summed E-state index contributed by atoms with van der Waals surface area (Å²) in [5.41, 5.74) is 4.18. The molecule has 7 heteroatoms. The lowest BCUT2D eigenvalue weighted by Gasteiger charge is -2.17. The van der Waals surface area contributed by atoms with Crippen LogP contribution in [0, 0.1) is 11.6 Å². The lowest BCUT2D eigenvalue weighted by atomic mass is 9.98. The predicted octanol–water partition coefficient (Wildman–Crippen LogP) is 4.50. The first kappa shape index (κ1) is 20.5. The van der Waals surface area contributed by atoms with Crippen molar-refractivity contribution in [3.8, 4) is 11.1 Å². The zero-order chi connectivity index (χ0) is 22.0.